The third kappa shape index (κ3) is 2.34. The highest BCUT2D eigenvalue weighted by molar-refractivity contribution is 14.1. The molecule has 6 nitrogen and oxygen atoms in total. The maximum Gasteiger partial charge on any atom is 0.258 e. The molecule has 0 amide bonds. The fourth-order valence-corrected chi connectivity index (χ4v) is 2.01. The molecule has 0 unspecified atom stereocenters. The van der Waals surface area contributed by atoms with Crippen LogP contribution < -0.4 is 0 Å². The summed E-state index contributed by atoms with van der Waals surface area (Å²) in [7, 11) is 3.46. The molecular formula is C10H13IN4O2. The molecule has 0 atom stereocenters. The Hall–Kier alpha value is -0.960. The average Bonchev–Trinajstić information content (AvgIpc) is 2.85. The van der Waals surface area contributed by atoms with Crippen molar-refractivity contribution >= 4 is 22.6 Å². The van der Waals surface area contributed by atoms with Gasteiger partial charge < -0.3 is 9.26 Å². The number of hydrogen-bond acceptors (Lipinski definition) is 5. The molecule has 0 aliphatic carbocycles. The zero-order chi connectivity index (χ0) is 12.6. The monoisotopic (exact) mass is 348 g/mol. The van der Waals surface area contributed by atoms with Crippen LogP contribution in [-0.2, 0) is 17.4 Å². The maximum absolute atomic E-state index is 5.28. The van der Waals surface area contributed by atoms with Crippen LogP contribution >= 0.6 is 22.6 Å². The van der Waals surface area contributed by atoms with Gasteiger partial charge in [0.15, 0.2) is 0 Å². The van der Waals surface area contributed by atoms with Crippen molar-refractivity contribution in [2.45, 2.75) is 19.4 Å². The molecule has 2 aromatic heterocycles. The highest BCUT2D eigenvalue weighted by Crippen LogP contribution is 2.26. The molecule has 0 aliphatic rings. The number of aromatic nitrogens is 4. The van der Waals surface area contributed by atoms with E-state index in [1.54, 1.807) is 11.8 Å². The number of rotatable bonds is 3. The molecule has 0 bridgehead atoms. The maximum atomic E-state index is 5.28. The quantitative estimate of drug-likeness (QED) is 0.794. The molecule has 0 saturated heterocycles. The van der Waals surface area contributed by atoms with Crippen molar-refractivity contribution in [1.29, 1.82) is 0 Å². The molecule has 0 aromatic carbocycles. The van der Waals surface area contributed by atoms with Gasteiger partial charge in [0.1, 0.15) is 11.3 Å². The Kier molecular flexibility index (Phi) is 3.21. The van der Waals surface area contributed by atoms with Gasteiger partial charge in [-0.2, -0.15) is 10.1 Å². The van der Waals surface area contributed by atoms with Gasteiger partial charge in [-0.05, 0) is 36.4 Å². The van der Waals surface area contributed by atoms with Crippen molar-refractivity contribution < 1.29 is 9.26 Å². The lowest BCUT2D eigenvalue weighted by Crippen LogP contribution is -2.19. The fraction of sp³-hybridized carbons (Fsp3) is 0.500. The Labute approximate surface area is 112 Å². The van der Waals surface area contributed by atoms with Crippen LogP contribution in [0.2, 0.25) is 0 Å². The molecule has 7 heteroatoms. The van der Waals surface area contributed by atoms with Crippen LogP contribution in [0.3, 0.4) is 0 Å². The van der Waals surface area contributed by atoms with Crippen molar-refractivity contribution in [3.8, 4) is 11.5 Å². The van der Waals surface area contributed by atoms with E-state index in [0.29, 0.717) is 11.7 Å². The standard InChI is InChI=1S/C10H13IN4O2/c1-10(2,16-4)9-12-8(14-17-9)7-6(11)5-15(3)13-7/h5H,1-4H3. The molecule has 92 valence electrons. The van der Waals surface area contributed by atoms with Gasteiger partial charge in [-0.15, -0.1) is 0 Å². The predicted molar refractivity (Wildman–Crippen MR) is 69.3 cm³/mol. The van der Waals surface area contributed by atoms with Crippen LogP contribution in [0.25, 0.3) is 11.5 Å². The van der Waals surface area contributed by atoms with Crippen LogP contribution in [0.5, 0.6) is 0 Å². The van der Waals surface area contributed by atoms with Gasteiger partial charge in [-0.3, -0.25) is 4.68 Å². The van der Waals surface area contributed by atoms with E-state index in [4.69, 9.17) is 9.26 Å². The largest absolute Gasteiger partial charge is 0.369 e. The summed E-state index contributed by atoms with van der Waals surface area (Å²) < 4.78 is 13.2. The molecule has 2 rings (SSSR count). The normalized spacial score (nSPS) is 12.1. The Morgan fingerprint density at radius 2 is 2.18 bits per heavy atom. The summed E-state index contributed by atoms with van der Waals surface area (Å²) >= 11 is 2.19. The first-order valence-electron chi connectivity index (χ1n) is 5.03. The van der Waals surface area contributed by atoms with Gasteiger partial charge in [-0.1, -0.05) is 5.16 Å². The molecule has 2 aromatic rings. The predicted octanol–water partition coefficient (Wildman–Crippen LogP) is 1.96. The lowest BCUT2D eigenvalue weighted by molar-refractivity contribution is -0.00786. The molecule has 0 spiro atoms. The lowest BCUT2D eigenvalue weighted by Gasteiger charge is -2.16. The van der Waals surface area contributed by atoms with Crippen molar-refractivity contribution in [2.75, 3.05) is 7.11 Å². The Bertz CT molecular complexity index is 532. The van der Waals surface area contributed by atoms with Crippen LogP contribution in [0.1, 0.15) is 19.7 Å². The average molecular weight is 348 g/mol. The van der Waals surface area contributed by atoms with Gasteiger partial charge in [0.25, 0.3) is 5.89 Å². The van der Waals surface area contributed by atoms with E-state index in [9.17, 15) is 0 Å². The lowest BCUT2D eigenvalue weighted by atomic mass is 10.1. The number of ether oxygens (including phenoxy) is 1. The van der Waals surface area contributed by atoms with Gasteiger partial charge in [0, 0.05) is 20.4 Å². The van der Waals surface area contributed by atoms with Crippen LogP contribution in [-0.4, -0.2) is 27.0 Å². The van der Waals surface area contributed by atoms with Crippen LogP contribution in [0.4, 0.5) is 0 Å². The number of nitrogens with zero attached hydrogens (tertiary/aromatic N) is 4. The molecule has 0 fully saturated rings. The van der Waals surface area contributed by atoms with Crippen molar-refractivity contribution in [3.05, 3.63) is 15.7 Å². The van der Waals surface area contributed by atoms with E-state index in [2.05, 4.69) is 37.8 Å². The molecule has 0 saturated carbocycles. The Balaban J connectivity index is 2.40. The third-order valence-electron chi connectivity index (χ3n) is 2.45. The Morgan fingerprint density at radius 3 is 2.71 bits per heavy atom. The zero-order valence-electron chi connectivity index (χ0n) is 10.1. The molecule has 2 heterocycles. The summed E-state index contributed by atoms with van der Waals surface area (Å²) in [5.74, 6) is 0.923. The Morgan fingerprint density at radius 1 is 1.47 bits per heavy atom. The summed E-state index contributed by atoms with van der Waals surface area (Å²) in [6.07, 6.45) is 1.90. The van der Waals surface area contributed by atoms with E-state index < -0.39 is 5.60 Å². The van der Waals surface area contributed by atoms with Gasteiger partial charge >= 0.3 is 0 Å². The summed E-state index contributed by atoms with van der Waals surface area (Å²) in [4.78, 5) is 4.31. The van der Waals surface area contributed by atoms with Crippen LogP contribution in [0, 0.1) is 3.57 Å². The van der Waals surface area contributed by atoms with Gasteiger partial charge in [0.05, 0.1) is 3.57 Å². The van der Waals surface area contributed by atoms with E-state index in [1.807, 2.05) is 27.1 Å². The second kappa shape index (κ2) is 4.37. The molecule has 0 aliphatic heterocycles. The van der Waals surface area contributed by atoms with E-state index in [1.165, 1.54) is 0 Å². The number of hydrogen-bond donors (Lipinski definition) is 0. The minimum Gasteiger partial charge on any atom is -0.369 e. The summed E-state index contributed by atoms with van der Waals surface area (Å²) in [5, 5.41) is 8.21. The molecule has 0 radical (unpaired) electrons. The van der Waals surface area contributed by atoms with Crippen molar-refractivity contribution in [3.63, 3.8) is 0 Å². The third-order valence-corrected chi connectivity index (χ3v) is 3.24. The summed E-state index contributed by atoms with van der Waals surface area (Å²) in [6, 6.07) is 0. The van der Waals surface area contributed by atoms with Crippen LogP contribution in [0.15, 0.2) is 10.7 Å². The fourth-order valence-electron chi connectivity index (χ4n) is 1.26. The number of methoxy groups -OCH3 is 1. The van der Waals surface area contributed by atoms with E-state index in [-0.39, 0.29) is 0 Å². The molecule has 17 heavy (non-hydrogen) atoms. The first kappa shape index (κ1) is 12.5. The number of halogens is 1. The first-order valence-corrected chi connectivity index (χ1v) is 6.11. The van der Waals surface area contributed by atoms with Gasteiger partial charge in [0.2, 0.25) is 5.82 Å². The van der Waals surface area contributed by atoms with E-state index in [0.717, 1.165) is 9.26 Å². The SMILES string of the molecule is COC(C)(C)c1nc(-c2nn(C)cc2I)no1. The minimum absolute atomic E-state index is 0.441. The second-order valence-electron chi connectivity index (χ2n) is 4.14. The number of aryl methyl sites for hydroxylation is 1. The molecular weight excluding hydrogens is 335 g/mol. The zero-order valence-corrected chi connectivity index (χ0v) is 12.2. The van der Waals surface area contributed by atoms with Crippen molar-refractivity contribution in [2.24, 2.45) is 7.05 Å². The van der Waals surface area contributed by atoms with E-state index >= 15 is 0 Å². The minimum atomic E-state index is -0.592. The first-order chi connectivity index (χ1) is 7.94. The summed E-state index contributed by atoms with van der Waals surface area (Å²) in [6.45, 7) is 3.74. The topological polar surface area (TPSA) is 66.0 Å². The smallest absolute Gasteiger partial charge is 0.258 e. The molecule has 0 N–H and O–H groups in total. The van der Waals surface area contributed by atoms with Gasteiger partial charge in [-0.25, -0.2) is 0 Å². The van der Waals surface area contributed by atoms with Crippen molar-refractivity contribution in [1.82, 2.24) is 19.9 Å². The highest BCUT2D eigenvalue weighted by Gasteiger charge is 2.28. The second-order valence-corrected chi connectivity index (χ2v) is 5.30. The summed E-state index contributed by atoms with van der Waals surface area (Å²) in [5.41, 5.74) is 0.126. The highest BCUT2D eigenvalue weighted by atomic mass is 127.